The summed E-state index contributed by atoms with van der Waals surface area (Å²) in [6.45, 7) is 0. The molecule has 1 radical (unpaired) electrons. The summed E-state index contributed by atoms with van der Waals surface area (Å²) in [5.41, 5.74) is 4.95. The number of fused-ring (bicyclic) bond motifs is 1. The highest BCUT2D eigenvalue weighted by atomic mass is 127. The molecule has 0 atom stereocenters. The Balaban J connectivity index is 1.88. The lowest BCUT2D eigenvalue weighted by atomic mass is 10.1. The van der Waals surface area contributed by atoms with Gasteiger partial charge in [0.15, 0.2) is 5.71 Å². The zero-order valence-corrected chi connectivity index (χ0v) is 14.5. The van der Waals surface area contributed by atoms with Crippen LogP contribution in [0.3, 0.4) is 0 Å². The van der Waals surface area contributed by atoms with E-state index in [1.165, 1.54) is 24.3 Å². The van der Waals surface area contributed by atoms with Gasteiger partial charge in [0.1, 0.15) is 0 Å². The molecular formula is C14H10IN4O3S. The van der Waals surface area contributed by atoms with Crippen LogP contribution in [0.15, 0.2) is 52.5 Å². The first kappa shape index (κ1) is 15.9. The van der Waals surface area contributed by atoms with E-state index in [0.717, 1.165) is 9.13 Å². The van der Waals surface area contributed by atoms with E-state index in [1.54, 1.807) is 6.07 Å². The molecule has 1 heterocycles. The van der Waals surface area contributed by atoms with Gasteiger partial charge in [-0.1, -0.05) is 6.07 Å². The Bertz CT molecular complexity index is 924. The molecule has 2 aromatic carbocycles. The molecule has 1 aliphatic rings. The van der Waals surface area contributed by atoms with Crippen LogP contribution in [0, 0.1) is 3.57 Å². The second kappa shape index (κ2) is 5.91. The van der Waals surface area contributed by atoms with Gasteiger partial charge >= 0.3 is 0 Å². The Morgan fingerprint density at radius 3 is 2.48 bits per heavy atom. The Kier molecular flexibility index (Phi) is 4.08. The molecule has 3 N–H and O–H groups in total. The number of anilines is 2. The SMILES string of the molecule is [NH]S(=O)(=O)c1ccc(N/N=C2\C(=O)Nc3cccc(I)c32)cc1. The summed E-state index contributed by atoms with van der Waals surface area (Å²) in [4.78, 5) is 11.9. The third-order valence-electron chi connectivity index (χ3n) is 3.18. The number of halogens is 1. The molecule has 0 fully saturated rings. The molecule has 9 heteroatoms. The van der Waals surface area contributed by atoms with Crippen molar-refractivity contribution >= 4 is 55.6 Å². The summed E-state index contributed by atoms with van der Waals surface area (Å²) in [6, 6.07) is 11.1. The van der Waals surface area contributed by atoms with Crippen molar-refractivity contribution in [3.63, 3.8) is 0 Å². The van der Waals surface area contributed by atoms with E-state index in [2.05, 4.69) is 38.4 Å². The fourth-order valence-electron chi connectivity index (χ4n) is 2.10. The Hall–Kier alpha value is -1.98. The number of amides is 1. The number of rotatable bonds is 3. The fraction of sp³-hybridized carbons (Fsp3) is 0. The maximum atomic E-state index is 12.0. The lowest BCUT2D eigenvalue weighted by Crippen LogP contribution is -2.16. The van der Waals surface area contributed by atoms with Gasteiger partial charge in [0.2, 0.25) is 0 Å². The number of carbonyl (C=O) groups is 1. The number of benzene rings is 2. The van der Waals surface area contributed by atoms with E-state index >= 15 is 0 Å². The van der Waals surface area contributed by atoms with E-state index in [-0.39, 0.29) is 16.5 Å². The van der Waals surface area contributed by atoms with Gasteiger partial charge in [-0.3, -0.25) is 10.2 Å². The summed E-state index contributed by atoms with van der Waals surface area (Å²) < 4.78 is 23.1. The number of hydrogen-bond donors (Lipinski definition) is 2. The standard InChI is InChI=1S/C14H10IN4O3S/c15-10-2-1-3-11-12(10)13(14(20)17-11)19-18-8-4-6-9(7-5-8)23(16,21)22/h1-7,16,18H,(H,17,19,20). The Morgan fingerprint density at radius 2 is 1.83 bits per heavy atom. The molecule has 23 heavy (non-hydrogen) atoms. The van der Waals surface area contributed by atoms with Crippen LogP contribution in [0.5, 0.6) is 0 Å². The van der Waals surface area contributed by atoms with Crippen LogP contribution in [0.2, 0.25) is 0 Å². The first-order valence-corrected chi connectivity index (χ1v) is 8.96. The van der Waals surface area contributed by atoms with Crippen molar-refractivity contribution in [2.24, 2.45) is 5.10 Å². The van der Waals surface area contributed by atoms with Crippen LogP contribution in [0.1, 0.15) is 5.56 Å². The van der Waals surface area contributed by atoms with Crippen LogP contribution < -0.4 is 15.9 Å². The molecule has 3 rings (SSSR count). The molecule has 0 aliphatic carbocycles. The number of hydrazone groups is 1. The predicted molar refractivity (Wildman–Crippen MR) is 94.7 cm³/mol. The van der Waals surface area contributed by atoms with Crippen LogP contribution in [0.4, 0.5) is 11.4 Å². The second-order valence-electron chi connectivity index (χ2n) is 4.72. The maximum absolute atomic E-state index is 12.0. The van der Waals surface area contributed by atoms with E-state index in [0.29, 0.717) is 11.4 Å². The smallest absolute Gasteiger partial charge is 0.276 e. The van der Waals surface area contributed by atoms with Crippen molar-refractivity contribution in [3.05, 3.63) is 51.6 Å². The molecule has 0 unspecified atom stereocenters. The first-order valence-electron chi connectivity index (χ1n) is 6.40. The predicted octanol–water partition coefficient (Wildman–Crippen LogP) is 2.03. The first-order chi connectivity index (χ1) is 10.9. The number of sulfonamides is 1. The van der Waals surface area contributed by atoms with Crippen LogP contribution in [-0.4, -0.2) is 20.0 Å². The average Bonchev–Trinajstić information content (AvgIpc) is 2.81. The third-order valence-corrected chi connectivity index (χ3v) is 4.97. The number of nitrogens with one attached hydrogen (secondary N) is 3. The minimum Gasteiger partial charge on any atom is -0.320 e. The van der Waals surface area contributed by atoms with Crippen molar-refractivity contribution in [1.29, 1.82) is 0 Å². The van der Waals surface area contributed by atoms with Gasteiger partial charge in [-0.15, -0.1) is 5.14 Å². The summed E-state index contributed by atoms with van der Waals surface area (Å²) >= 11 is 2.13. The van der Waals surface area contributed by atoms with Crippen molar-refractivity contribution in [3.8, 4) is 0 Å². The quantitative estimate of drug-likeness (QED) is 0.561. The van der Waals surface area contributed by atoms with Crippen molar-refractivity contribution < 1.29 is 13.2 Å². The van der Waals surface area contributed by atoms with Gasteiger partial charge in [-0.05, 0) is 59.0 Å². The summed E-state index contributed by atoms with van der Waals surface area (Å²) in [5.74, 6) is -0.304. The highest BCUT2D eigenvalue weighted by molar-refractivity contribution is 14.1. The lowest BCUT2D eigenvalue weighted by Gasteiger charge is -2.04. The van der Waals surface area contributed by atoms with E-state index < -0.39 is 10.0 Å². The molecule has 0 spiro atoms. The maximum Gasteiger partial charge on any atom is 0.276 e. The number of nitrogens with zero attached hydrogens (tertiary/aromatic N) is 1. The minimum absolute atomic E-state index is 0.103. The number of carbonyl (C=O) groups excluding carboxylic acids is 1. The third kappa shape index (κ3) is 3.21. The molecule has 0 aromatic heterocycles. The van der Waals surface area contributed by atoms with E-state index in [9.17, 15) is 13.2 Å². The summed E-state index contributed by atoms with van der Waals surface area (Å²) in [5, 5.41) is 13.8. The summed E-state index contributed by atoms with van der Waals surface area (Å²) in [7, 11) is -3.98. The minimum atomic E-state index is -3.98. The van der Waals surface area contributed by atoms with Crippen molar-refractivity contribution in [2.75, 3.05) is 10.7 Å². The van der Waals surface area contributed by atoms with Gasteiger partial charge in [-0.25, -0.2) is 8.42 Å². The van der Waals surface area contributed by atoms with E-state index in [1.807, 2.05) is 12.1 Å². The molecule has 117 valence electrons. The van der Waals surface area contributed by atoms with Crippen molar-refractivity contribution in [1.82, 2.24) is 5.14 Å². The van der Waals surface area contributed by atoms with Crippen LogP contribution in [0.25, 0.3) is 0 Å². The number of hydrogen-bond acceptors (Lipinski definition) is 5. The largest absolute Gasteiger partial charge is 0.320 e. The molecule has 0 bridgehead atoms. The molecule has 1 aliphatic heterocycles. The molecule has 0 saturated carbocycles. The monoisotopic (exact) mass is 441 g/mol. The van der Waals surface area contributed by atoms with Crippen LogP contribution in [-0.2, 0) is 14.8 Å². The fourth-order valence-corrected chi connectivity index (χ4v) is 3.35. The molecular weight excluding hydrogens is 431 g/mol. The molecule has 0 saturated heterocycles. The van der Waals surface area contributed by atoms with Gasteiger partial charge in [0.25, 0.3) is 15.9 Å². The lowest BCUT2D eigenvalue weighted by molar-refractivity contribution is -0.110. The Morgan fingerprint density at radius 1 is 1.13 bits per heavy atom. The normalized spacial score (nSPS) is 15.4. The van der Waals surface area contributed by atoms with Gasteiger partial charge in [0, 0.05) is 9.13 Å². The zero-order chi connectivity index (χ0) is 16.6. The van der Waals surface area contributed by atoms with Gasteiger partial charge in [0.05, 0.1) is 16.3 Å². The van der Waals surface area contributed by atoms with Gasteiger partial charge < -0.3 is 5.32 Å². The average molecular weight is 441 g/mol. The Labute approximate surface area is 146 Å². The summed E-state index contributed by atoms with van der Waals surface area (Å²) in [6.07, 6.45) is 0. The molecule has 7 nitrogen and oxygen atoms in total. The van der Waals surface area contributed by atoms with Crippen molar-refractivity contribution in [2.45, 2.75) is 4.90 Å². The van der Waals surface area contributed by atoms with Gasteiger partial charge in [-0.2, -0.15) is 5.10 Å². The topological polar surface area (TPSA) is 111 Å². The highest BCUT2D eigenvalue weighted by Gasteiger charge is 2.28. The van der Waals surface area contributed by atoms with Crippen LogP contribution >= 0.6 is 22.6 Å². The molecule has 2 aromatic rings. The zero-order valence-electron chi connectivity index (χ0n) is 11.5. The molecule has 1 amide bonds. The highest BCUT2D eigenvalue weighted by Crippen LogP contribution is 2.28. The van der Waals surface area contributed by atoms with E-state index in [4.69, 9.17) is 5.14 Å². The second-order valence-corrected chi connectivity index (χ2v) is 7.36.